The van der Waals surface area contributed by atoms with Crippen molar-refractivity contribution in [2.75, 3.05) is 20.2 Å². The van der Waals surface area contributed by atoms with Crippen LogP contribution in [0.2, 0.25) is 0 Å². The number of imide groups is 1. The van der Waals surface area contributed by atoms with E-state index in [1.54, 1.807) is 21.0 Å². The van der Waals surface area contributed by atoms with Crippen LogP contribution in [0.5, 0.6) is 5.75 Å². The van der Waals surface area contributed by atoms with Crippen molar-refractivity contribution in [3.63, 3.8) is 0 Å². The molecule has 1 aromatic rings. The number of carbonyl (C=O) groups excluding carboxylic acids is 3. The first-order valence-corrected chi connectivity index (χ1v) is 10.4. The lowest BCUT2D eigenvalue weighted by Gasteiger charge is -2.31. The first-order chi connectivity index (χ1) is 13.8. The molecule has 2 aliphatic heterocycles. The van der Waals surface area contributed by atoms with Crippen LogP contribution < -0.4 is 10.1 Å². The molecular weight excluding hydrogens is 370 g/mol. The molecule has 7 heteroatoms. The molecule has 1 N–H and O–H groups in total. The Kier molecular flexibility index (Phi) is 6.45. The average molecular weight is 402 g/mol. The Hall–Kier alpha value is -2.57. The van der Waals surface area contributed by atoms with E-state index in [0.29, 0.717) is 12.8 Å². The highest BCUT2D eigenvalue weighted by Crippen LogP contribution is 2.32. The van der Waals surface area contributed by atoms with Crippen molar-refractivity contribution in [2.24, 2.45) is 0 Å². The van der Waals surface area contributed by atoms with Gasteiger partial charge in [-0.25, -0.2) is 4.79 Å². The molecule has 1 atom stereocenters. The third-order valence-corrected chi connectivity index (χ3v) is 5.79. The molecule has 2 aliphatic rings. The number of urea groups is 1. The maximum absolute atomic E-state index is 13.0. The van der Waals surface area contributed by atoms with Crippen LogP contribution in [0.25, 0.3) is 0 Å². The Morgan fingerprint density at radius 1 is 1.17 bits per heavy atom. The first-order valence-electron chi connectivity index (χ1n) is 10.4. The summed E-state index contributed by atoms with van der Waals surface area (Å²) in [6.07, 6.45) is 4.95. The maximum atomic E-state index is 13.0. The number of nitrogens with one attached hydrogen (secondary N) is 1. The number of benzene rings is 1. The Morgan fingerprint density at radius 3 is 2.52 bits per heavy atom. The number of rotatable bonds is 6. The maximum Gasteiger partial charge on any atom is 0.325 e. The number of carbonyl (C=O) groups is 3. The molecule has 158 valence electrons. The first kappa shape index (κ1) is 21.1. The molecule has 4 amide bonds. The molecule has 2 saturated heterocycles. The molecule has 1 unspecified atom stereocenters. The fourth-order valence-electron chi connectivity index (χ4n) is 4.13. The number of nitrogens with zero attached hydrogens (tertiary/aromatic N) is 2. The summed E-state index contributed by atoms with van der Waals surface area (Å²) in [4.78, 5) is 40.5. The zero-order valence-corrected chi connectivity index (χ0v) is 17.6. The molecule has 29 heavy (non-hydrogen) atoms. The van der Waals surface area contributed by atoms with Gasteiger partial charge in [-0.05, 0) is 50.8 Å². The number of hydrogen-bond acceptors (Lipinski definition) is 4. The van der Waals surface area contributed by atoms with Crippen molar-refractivity contribution >= 4 is 17.8 Å². The second-order valence-corrected chi connectivity index (χ2v) is 8.34. The van der Waals surface area contributed by atoms with E-state index in [1.807, 2.05) is 29.2 Å². The van der Waals surface area contributed by atoms with Gasteiger partial charge in [-0.15, -0.1) is 0 Å². The van der Waals surface area contributed by atoms with E-state index < -0.39 is 5.54 Å². The number of ether oxygens (including phenoxy) is 1. The minimum Gasteiger partial charge on any atom is -0.497 e. The van der Waals surface area contributed by atoms with E-state index in [-0.39, 0.29) is 30.4 Å². The van der Waals surface area contributed by atoms with Gasteiger partial charge < -0.3 is 15.0 Å². The SMILES string of the molecule is COc1ccc(C2CCCCCN2C(=O)CCCN2C(=O)NC(C)(C)C2=O)cc1. The highest BCUT2D eigenvalue weighted by atomic mass is 16.5. The molecule has 0 radical (unpaired) electrons. The normalized spacial score (nSPS) is 21.7. The number of methoxy groups -OCH3 is 1. The van der Waals surface area contributed by atoms with Gasteiger partial charge in [-0.2, -0.15) is 0 Å². The Bertz CT molecular complexity index is 760. The average Bonchev–Trinajstić information content (AvgIpc) is 2.89. The zero-order valence-electron chi connectivity index (χ0n) is 17.6. The predicted octanol–water partition coefficient (Wildman–Crippen LogP) is 3.25. The molecule has 7 nitrogen and oxygen atoms in total. The Labute approximate surface area is 172 Å². The van der Waals surface area contributed by atoms with E-state index in [4.69, 9.17) is 4.74 Å². The van der Waals surface area contributed by atoms with Crippen molar-refractivity contribution in [1.29, 1.82) is 0 Å². The molecule has 0 spiro atoms. The largest absolute Gasteiger partial charge is 0.497 e. The fourth-order valence-corrected chi connectivity index (χ4v) is 4.13. The van der Waals surface area contributed by atoms with Crippen LogP contribution in [0.15, 0.2) is 24.3 Å². The second-order valence-electron chi connectivity index (χ2n) is 8.34. The second kappa shape index (κ2) is 8.84. The number of hydrogen-bond donors (Lipinski definition) is 1. The number of likely N-dealkylation sites (tertiary alicyclic amines) is 1. The van der Waals surface area contributed by atoms with Gasteiger partial charge in [0, 0.05) is 19.5 Å². The van der Waals surface area contributed by atoms with Crippen LogP contribution in [0.3, 0.4) is 0 Å². The summed E-state index contributed by atoms with van der Waals surface area (Å²) in [6.45, 7) is 4.39. The molecule has 0 saturated carbocycles. The molecule has 2 heterocycles. The van der Waals surface area contributed by atoms with Crippen molar-refractivity contribution < 1.29 is 19.1 Å². The van der Waals surface area contributed by atoms with Crippen molar-refractivity contribution in [1.82, 2.24) is 15.1 Å². The van der Waals surface area contributed by atoms with E-state index >= 15 is 0 Å². The minimum atomic E-state index is -0.870. The summed E-state index contributed by atoms with van der Waals surface area (Å²) in [7, 11) is 1.64. The van der Waals surface area contributed by atoms with Crippen molar-refractivity contribution in [2.45, 2.75) is 64.0 Å². The van der Waals surface area contributed by atoms with E-state index in [0.717, 1.165) is 43.5 Å². The Morgan fingerprint density at radius 2 is 1.90 bits per heavy atom. The molecule has 0 aliphatic carbocycles. The van der Waals surface area contributed by atoms with Crippen LogP contribution >= 0.6 is 0 Å². The topological polar surface area (TPSA) is 79.0 Å². The van der Waals surface area contributed by atoms with Gasteiger partial charge in [0.15, 0.2) is 0 Å². The highest BCUT2D eigenvalue weighted by Gasteiger charge is 2.43. The molecule has 0 bridgehead atoms. The van der Waals surface area contributed by atoms with Gasteiger partial charge in [-0.1, -0.05) is 25.0 Å². The quantitative estimate of drug-likeness (QED) is 0.742. The van der Waals surface area contributed by atoms with Crippen molar-refractivity contribution in [3.8, 4) is 5.75 Å². The van der Waals surface area contributed by atoms with E-state index in [2.05, 4.69) is 5.32 Å². The molecule has 3 rings (SSSR count). The summed E-state index contributed by atoms with van der Waals surface area (Å²) in [5.74, 6) is 0.650. The lowest BCUT2D eigenvalue weighted by Crippen LogP contribution is -2.40. The van der Waals surface area contributed by atoms with Gasteiger partial charge in [0.1, 0.15) is 11.3 Å². The zero-order chi connectivity index (χ0) is 21.0. The standard InChI is InChI=1S/C22H31N3O4/c1-22(2)20(27)25(21(28)23-22)15-7-9-19(26)24-14-6-4-5-8-18(24)16-10-12-17(29-3)13-11-16/h10-13,18H,4-9,14-15H2,1-3H3,(H,23,28). The summed E-state index contributed by atoms with van der Waals surface area (Å²) in [5, 5.41) is 2.67. The van der Waals surface area contributed by atoms with Gasteiger partial charge >= 0.3 is 6.03 Å². The molecule has 0 aromatic heterocycles. The minimum absolute atomic E-state index is 0.0616. The van der Waals surface area contributed by atoms with Crippen LogP contribution in [-0.4, -0.2) is 53.4 Å². The monoisotopic (exact) mass is 401 g/mol. The van der Waals surface area contributed by atoms with Crippen LogP contribution in [0, 0.1) is 0 Å². The lowest BCUT2D eigenvalue weighted by atomic mass is 10.00. The molecule has 1 aromatic carbocycles. The van der Waals surface area contributed by atoms with Gasteiger partial charge in [-0.3, -0.25) is 14.5 Å². The highest BCUT2D eigenvalue weighted by molar-refractivity contribution is 6.06. The predicted molar refractivity (Wildman–Crippen MR) is 109 cm³/mol. The smallest absolute Gasteiger partial charge is 0.325 e. The third-order valence-electron chi connectivity index (χ3n) is 5.79. The lowest BCUT2D eigenvalue weighted by molar-refractivity contribution is -0.135. The van der Waals surface area contributed by atoms with Crippen LogP contribution in [0.4, 0.5) is 4.79 Å². The summed E-state index contributed by atoms with van der Waals surface area (Å²) in [5.41, 5.74) is 0.252. The molecule has 2 fully saturated rings. The van der Waals surface area contributed by atoms with Crippen LogP contribution in [-0.2, 0) is 9.59 Å². The number of amides is 4. The summed E-state index contributed by atoms with van der Waals surface area (Å²) < 4.78 is 5.24. The molecular formula is C22H31N3O4. The van der Waals surface area contributed by atoms with Crippen LogP contribution in [0.1, 0.15) is 64.0 Å². The summed E-state index contributed by atoms with van der Waals surface area (Å²) >= 11 is 0. The third kappa shape index (κ3) is 4.71. The van der Waals surface area contributed by atoms with Crippen molar-refractivity contribution in [3.05, 3.63) is 29.8 Å². The van der Waals surface area contributed by atoms with E-state index in [9.17, 15) is 14.4 Å². The van der Waals surface area contributed by atoms with Gasteiger partial charge in [0.25, 0.3) is 5.91 Å². The van der Waals surface area contributed by atoms with Gasteiger partial charge in [0.05, 0.1) is 13.2 Å². The Balaban J connectivity index is 1.62. The van der Waals surface area contributed by atoms with Gasteiger partial charge in [0.2, 0.25) is 5.91 Å². The fraction of sp³-hybridized carbons (Fsp3) is 0.591. The summed E-state index contributed by atoms with van der Waals surface area (Å²) in [6, 6.07) is 7.61. The van der Waals surface area contributed by atoms with E-state index in [1.165, 1.54) is 4.90 Å².